The van der Waals surface area contributed by atoms with Gasteiger partial charge in [-0.05, 0) is 51.6 Å². The Morgan fingerprint density at radius 1 is 1.27 bits per heavy atom. The summed E-state index contributed by atoms with van der Waals surface area (Å²) in [5, 5.41) is 0.597. The van der Waals surface area contributed by atoms with Crippen LogP contribution < -0.4 is 5.56 Å². The van der Waals surface area contributed by atoms with Crippen molar-refractivity contribution in [3.8, 4) is 0 Å². The number of carbonyl (C=O) groups is 1. The average Bonchev–Trinajstić information content (AvgIpc) is 3.26. The Bertz CT molecular complexity index is 1100. The summed E-state index contributed by atoms with van der Waals surface area (Å²) < 4.78 is 7.29. The van der Waals surface area contributed by atoms with Crippen molar-refractivity contribution in [2.24, 2.45) is 0 Å². The van der Waals surface area contributed by atoms with Gasteiger partial charge in [0.05, 0.1) is 23.1 Å². The largest absolute Gasteiger partial charge is 0.467 e. The molecule has 1 aliphatic rings. The molecular formula is C22H28N4O3S. The van der Waals surface area contributed by atoms with Crippen LogP contribution in [0.15, 0.2) is 27.6 Å². The first-order valence-corrected chi connectivity index (χ1v) is 11.3. The van der Waals surface area contributed by atoms with Crippen LogP contribution in [0.2, 0.25) is 0 Å². The van der Waals surface area contributed by atoms with Gasteiger partial charge in [-0.3, -0.25) is 14.2 Å². The van der Waals surface area contributed by atoms with E-state index in [4.69, 9.17) is 9.40 Å². The summed E-state index contributed by atoms with van der Waals surface area (Å²) in [5.41, 5.74) is 0.738. The molecule has 160 valence electrons. The van der Waals surface area contributed by atoms with Crippen molar-refractivity contribution in [1.82, 2.24) is 19.4 Å². The topological polar surface area (TPSA) is 71.6 Å². The smallest absolute Gasteiger partial charge is 0.264 e. The van der Waals surface area contributed by atoms with Gasteiger partial charge in [-0.2, -0.15) is 0 Å². The monoisotopic (exact) mass is 428 g/mol. The third kappa shape index (κ3) is 4.06. The minimum Gasteiger partial charge on any atom is -0.467 e. The van der Waals surface area contributed by atoms with Crippen LogP contribution in [0.25, 0.3) is 10.2 Å². The second-order valence-electron chi connectivity index (χ2n) is 8.14. The number of carbonyl (C=O) groups excluding carboxylic acids is 1. The van der Waals surface area contributed by atoms with Crippen LogP contribution in [-0.2, 0) is 19.5 Å². The zero-order chi connectivity index (χ0) is 21.3. The van der Waals surface area contributed by atoms with E-state index in [1.807, 2.05) is 42.6 Å². The standard InChI is InChI=1S/C22H28N4O3S/c1-15-18-20(23-17-9-5-4-6-10-26(17)21(18)27)30-19(15)22(28)25(12-11-24(2)3)14-16-8-7-13-29-16/h7-8,13H,4-6,9-12,14H2,1-3H3. The molecule has 4 rings (SSSR count). The second kappa shape index (κ2) is 8.73. The molecule has 0 bridgehead atoms. The fourth-order valence-electron chi connectivity index (χ4n) is 3.92. The number of rotatable bonds is 6. The molecule has 4 heterocycles. The number of furan rings is 1. The molecule has 0 saturated heterocycles. The van der Waals surface area contributed by atoms with Crippen molar-refractivity contribution in [3.05, 3.63) is 50.8 Å². The summed E-state index contributed by atoms with van der Waals surface area (Å²) >= 11 is 1.34. The van der Waals surface area contributed by atoms with E-state index in [1.165, 1.54) is 11.3 Å². The van der Waals surface area contributed by atoms with E-state index in [2.05, 4.69) is 0 Å². The molecule has 30 heavy (non-hydrogen) atoms. The summed E-state index contributed by atoms with van der Waals surface area (Å²) in [7, 11) is 3.97. The Hall–Kier alpha value is -2.45. The van der Waals surface area contributed by atoms with Gasteiger partial charge in [0.1, 0.15) is 16.4 Å². The van der Waals surface area contributed by atoms with Crippen LogP contribution in [0.1, 0.15) is 46.1 Å². The molecule has 1 amide bonds. The molecule has 0 saturated carbocycles. The lowest BCUT2D eigenvalue weighted by Gasteiger charge is -2.23. The third-order valence-corrected chi connectivity index (χ3v) is 6.81. The molecule has 0 unspecified atom stereocenters. The SMILES string of the molecule is Cc1c(C(=O)N(CCN(C)C)Cc2ccco2)sc2nc3n(c(=O)c12)CCCCC3. The molecule has 3 aromatic rings. The van der Waals surface area contributed by atoms with Gasteiger partial charge in [0.2, 0.25) is 0 Å². The second-order valence-corrected chi connectivity index (χ2v) is 9.14. The zero-order valence-corrected chi connectivity index (χ0v) is 18.6. The minimum atomic E-state index is -0.0756. The molecule has 0 atom stereocenters. The Balaban J connectivity index is 1.72. The maximum atomic E-state index is 13.5. The Morgan fingerprint density at radius 2 is 2.10 bits per heavy atom. The van der Waals surface area contributed by atoms with E-state index >= 15 is 0 Å². The summed E-state index contributed by atoms with van der Waals surface area (Å²) in [6.07, 6.45) is 5.60. The minimum absolute atomic E-state index is 0.00410. The summed E-state index contributed by atoms with van der Waals surface area (Å²) in [5.74, 6) is 1.52. The molecule has 3 aromatic heterocycles. The van der Waals surface area contributed by atoms with Gasteiger partial charge in [0.15, 0.2) is 0 Å². The number of thiophene rings is 1. The van der Waals surface area contributed by atoms with Gasteiger partial charge >= 0.3 is 0 Å². The van der Waals surface area contributed by atoms with Gasteiger partial charge in [0.25, 0.3) is 11.5 Å². The van der Waals surface area contributed by atoms with Gasteiger partial charge in [-0.1, -0.05) is 6.42 Å². The lowest BCUT2D eigenvalue weighted by Crippen LogP contribution is -2.36. The highest BCUT2D eigenvalue weighted by atomic mass is 32.1. The number of nitrogens with zero attached hydrogens (tertiary/aromatic N) is 4. The van der Waals surface area contributed by atoms with Crippen molar-refractivity contribution in [3.63, 3.8) is 0 Å². The van der Waals surface area contributed by atoms with Crippen molar-refractivity contribution in [2.75, 3.05) is 27.2 Å². The van der Waals surface area contributed by atoms with E-state index in [-0.39, 0.29) is 11.5 Å². The van der Waals surface area contributed by atoms with E-state index in [9.17, 15) is 9.59 Å². The number of aryl methyl sites for hydroxylation is 2. The highest BCUT2D eigenvalue weighted by Gasteiger charge is 2.26. The summed E-state index contributed by atoms with van der Waals surface area (Å²) in [4.78, 5) is 36.6. The van der Waals surface area contributed by atoms with Gasteiger partial charge < -0.3 is 14.2 Å². The van der Waals surface area contributed by atoms with Gasteiger partial charge in [-0.25, -0.2) is 4.98 Å². The van der Waals surface area contributed by atoms with E-state index in [0.717, 1.165) is 49.4 Å². The summed E-state index contributed by atoms with van der Waals surface area (Å²) in [6, 6.07) is 3.70. The Morgan fingerprint density at radius 3 is 2.83 bits per heavy atom. The number of aromatic nitrogens is 2. The molecule has 0 aromatic carbocycles. The molecule has 0 aliphatic carbocycles. The lowest BCUT2D eigenvalue weighted by atomic mass is 10.2. The molecule has 0 spiro atoms. The molecule has 0 N–H and O–H groups in total. The first-order chi connectivity index (χ1) is 14.5. The molecule has 1 aliphatic heterocycles. The summed E-state index contributed by atoms with van der Waals surface area (Å²) in [6.45, 7) is 4.30. The number of likely N-dealkylation sites (N-methyl/N-ethyl adjacent to an activating group) is 1. The molecule has 0 radical (unpaired) electrons. The van der Waals surface area contributed by atoms with Crippen LogP contribution in [0.3, 0.4) is 0 Å². The number of fused-ring (bicyclic) bond motifs is 2. The van der Waals surface area contributed by atoms with Gasteiger partial charge in [0, 0.05) is 26.1 Å². The Labute approximate surface area is 179 Å². The highest BCUT2D eigenvalue weighted by Crippen LogP contribution is 2.30. The predicted molar refractivity (Wildman–Crippen MR) is 118 cm³/mol. The molecular weight excluding hydrogens is 400 g/mol. The van der Waals surface area contributed by atoms with E-state index in [1.54, 1.807) is 11.2 Å². The van der Waals surface area contributed by atoms with Crippen molar-refractivity contribution >= 4 is 27.5 Å². The van der Waals surface area contributed by atoms with Crippen LogP contribution >= 0.6 is 11.3 Å². The zero-order valence-electron chi connectivity index (χ0n) is 17.8. The molecule has 7 nitrogen and oxygen atoms in total. The van der Waals surface area contributed by atoms with Crippen LogP contribution in [0.5, 0.6) is 0 Å². The Kier molecular flexibility index (Phi) is 6.06. The fraction of sp³-hybridized carbons (Fsp3) is 0.500. The van der Waals surface area contributed by atoms with Gasteiger partial charge in [-0.15, -0.1) is 11.3 Å². The maximum Gasteiger partial charge on any atom is 0.264 e. The average molecular weight is 429 g/mol. The third-order valence-electron chi connectivity index (χ3n) is 5.64. The first-order valence-electron chi connectivity index (χ1n) is 10.4. The van der Waals surface area contributed by atoms with Crippen molar-refractivity contribution in [2.45, 2.75) is 45.7 Å². The molecule has 0 fully saturated rings. The van der Waals surface area contributed by atoms with E-state index in [0.29, 0.717) is 34.7 Å². The van der Waals surface area contributed by atoms with Crippen molar-refractivity contribution in [1.29, 1.82) is 0 Å². The number of hydrogen-bond acceptors (Lipinski definition) is 6. The predicted octanol–water partition coefficient (Wildman–Crippen LogP) is 3.29. The van der Waals surface area contributed by atoms with Crippen LogP contribution in [-0.4, -0.2) is 52.4 Å². The normalized spacial score (nSPS) is 14.1. The van der Waals surface area contributed by atoms with Crippen molar-refractivity contribution < 1.29 is 9.21 Å². The number of hydrogen-bond donors (Lipinski definition) is 0. The lowest BCUT2D eigenvalue weighted by molar-refractivity contribution is 0.0724. The van der Waals surface area contributed by atoms with Crippen LogP contribution in [0.4, 0.5) is 0 Å². The fourth-order valence-corrected chi connectivity index (χ4v) is 5.08. The van der Waals surface area contributed by atoms with Crippen LogP contribution in [0, 0.1) is 6.92 Å². The quantitative estimate of drug-likeness (QED) is 0.602. The maximum absolute atomic E-state index is 13.5. The number of amides is 1. The highest BCUT2D eigenvalue weighted by molar-refractivity contribution is 7.20. The molecule has 8 heteroatoms. The van der Waals surface area contributed by atoms with E-state index < -0.39 is 0 Å². The first kappa shape index (κ1) is 20.8.